The van der Waals surface area contributed by atoms with Gasteiger partial charge in [0, 0.05) is 22.5 Å². The van der Waals surface area contributed by atoms with Gasteiger partial charge in [-0.1, -0.05) is 166 Å². The number of anilines is 3. The number of nitrogens with zero attached hydrogens (tertiary/aromatic N) is 1. The Morgan fingerprint density at radius 2 is 0.818 bits per heavy atom. The lowest BCUT2D eigenvalue weighted by Crippen LogP contribution is -2.26. The Hall–Kier alpha value is -6.70. The molecule has 0 atom stereocenters. The highest BCUT2D eigenvalue weighted by atomic mass is 15.1. The lowest BCUT2D eigenvalue weighted by atomic mass is 9.68. The quantitative estimate of drug-likeness (QED) is 0.177. The fraction of sp³-hybridized carbons (Fsp3) is 0.0741. The van der Waals surface area contributed by atoms with E-state index in [-0.39, 0.29) is 5.41 Å². The number of hydrogen-bond acceptors (Lipinski definition) is 1. The summed E-state index contributed by atoms with van der Waals surface area (Å²) in [7, 11) is 0. The minimum Gasteiger partial charge on any atom is -0.310 e. The van der Waals surface area contributed by atoms with E-state index in [4.69, 9.17) is 0 Å². The third-order valence-electron chi connectivity index (χ3n) is 13.0. The van der Waals surface area contributed by atoms with Crippen molar-refractivity contribution in [3.8, 4) is 33.4 Å². The number of para-hydroxylation sites is 1. The van der Waals surface area contributed by atoms with E-state index in [1.807, 2.05) is 0 Å². The van der Waals surface area contributed by atoms with Crippen molar-refractivity contribution in [2.24, 2.45) is 0 Å². The summed E-state index contributed by atoms with van der Waals surface area (Å²) < 4.78 is 0. The van der Waals surface area contributed by atoms with E-state index in [0.717, 1.165) is 11.4 Å². The van der Waals surface area contributed by atoms with Crippen LogP contribution in [0, 0.1) is 0 Å². The van der Waals surface area contributed by atoms with Gasteiger partial charge in [0.1, 0.15) is 0 Å². The van der Waals surface area contributed by atoms with Gasteiger partial charge in [-0.2, -0.15) is 0 Å². The highest BCUT2D eigenvalue weighted by molar-refractivity contribution is 6.09. The molecule has 55 heavy (non-hydrogen) atoms. The first kappa shape index (κ1) is 30.7. The van der Waals surface area contributed by atoms with Crippen LogP contribution in [0.2, 0.25) is 0 Å². The Morgan fingerprint density at radius 1 is 0.327 bits per heavy atom. The van der Waals surface area contributed by atoms with Gasteiger partial charge in [-0.3, -0.25) is 0 Å². The molecule has 0 saturated carbocycles. The second kappa shape index (κ2) is 10.9. The molecule has 0 N–H and O–H groups in total. The molecule has 12 rings (SSSR count). The molecule has 0 aliphatic heterocycles. The third kappa shape index (κ3) is 3.92. The predicted octanol–water partition coefficient (Wildman–Crippen LogP) is 14.1. The normalized spacial score (nSPS) is 14.7. The standard InChI is InChI=1S/C54H37N/c1-53(2)47-21-11-8-18-41(47)44-31-27-38(33-50(44)53)55(36-15-4-3-5-16-36)37-26-30-40-35(32-37)25-29-46-45-28-24-34-14-6-7-17-39(34)51(45)54(52(40)46)48-22-12-9-19-42(48)43-20-10-13-23-49(43)54/h3-33H,1-2H3. The third-order valence-corrected chi connectivity index (χ3v) is 13.0. The van der Waals surface area contributed by atoms with E-state index in [1.165, 1.54) is 94.0 Å². The summed E-state index contributed by atoms with van der Waals surface area (Å²) in [5.41, 5.74) is 19.2. The van der Waals surface area contributed by atoms with Crippen molar-refractivity contribution < 1.29 is 0 Å². The molecule has 0 fully saturated rings. The van der Waals surface area contributed by atoms with Crippen LogP contribution in [0.4, 0.5) is 17.1 Å². The molecule has 9 aromatic carbocycles. The largest absolute Gasteiger partial charge is 0.310 e. The highest BCUT2D eigenvalue weighted by Crippen LogP contribution is 2.65. The van der Waals surface area contributed by atoms with Gasteiger partial charge in [0.15, 0.2) is 0 Å². The Morgan fingerprint density at radius 3 is 1.53 bits per heavy atom. The lowest BCUT2D eigenvalue weighted by molar-refractivity contribution is 0.660. The number of benzene rings is 9. The minimum atomic E-state index is -0.445. The summed E-state index contributed by atoms with van der Waals surface area (Å²) in [4.78, 5) is 2.43. The average Bonchev–Trinajstić information content (AvgIpc) is 3.80. The van der Waals surface area contributed by atoms with Crippen LogP contribution in [-0.2, 0) is 10.8 Å². The Labute approximate surface area is 321 Å². The molecule has 0 aromatic heterocycles. The van der Waals surface area contributed by atoms with Gasteiger partial charge in [-0.15, -0.1) is 0 Å². The molecule has 1 heteroatoms. The molecule has 0 saturated heterocycles. The second-order valence-corrected chi connectivity index (χ2v) is 16.0. The predicted molar refractivity (Wildman–Crippen MR) is 230 cm³/mol. The van der Waals surface area contributed by atoms with Gasteiger partial charge in [-0.25, -0.2) is 0 Å². The van der Waals surface area contributed by atoms with Crippen LogP contribution < -0.4 is 4.90 Å². The Bertz CT molecular complexity index is 3030. The number of hydrogen-bond donors (Lipinski definition) is 0. The van der Waals surface area contributed by atoms with Crippen LogP contribution in [0.15, 0.2) is 188 Å². The maximum absolute atomic E-state index is 2.43. The molecule has 9 aromatic rings. The molecule has 258 valence electrons. The van der Waals surface area contributed by atoms with Crippen LogP contribution in [-0.4, -0.2) is 0 Å². The summed E-state index contributed by atoms with van der Waals surface area (Å²) in [5, 5.41) is 5.14. The van der Waals surface area contributed by atoms with E-state index in [1.54, 1.807) is 0 Å². The van der Waals surface area contributed by atoms with Crippen LogP contribution in [0.3, 0.4) is 0 Å². The molecule has 3 aliphatic rings. The van der Waals surface area contributed by atoms with Crippen molar-refractivity contribution in [3.05, 3.63) is 221 Å². The maximum Gasteiger partial charge on any atom is 0.0737 e. The van der Waals surface area contributed by atoms with Gasteiger partial charge in [0.05, 0.1) is 5.41 Å². The van der Waals surface area contributed by atoms with Crippen molar-refractivity contribution in [2.75, 3.05) is 4.90 Å². The van der Waals surface area contributed by atoms with Crippen molar-refractivity contribution >= 4 is 38.6 Å². The molecule has 0 heterocycles. The van der Waals surface area contributed by atoms with E-state index in [0.29, 0.717) is 0 Å². The smallest absolute Gasteiger partial charge is 0.0737 e. The van der Waals surface area contributed by atoms with Crippen molar-refractivity contribution in [1.29, 1.82) is 0 Å². The monoisotopic (exact) mass is 699 g/mol. The zero-order valence-corrected chi connectivity index (χ0v) is 30.8. The van der Waals surface area contributed by atoms with Crippen LogP contribution in [0.1, 0.15) is 47.2 Å². The summed E-state index contributed by atoms with van der Waals surface area (Å²) in [6.07, 6.45) is 0. The number of fused-ring (bicyclic) bond motifs is 17. The molecular weight excluding hydrogens is 663 g/mol. The van der Waals surface area contributed by atoms with Crippen molar-refractivity contribution in [2.45, 2.75) is 24.7 Å². The van der Waals surface area contributed by atoms with Crippen molar-refractivity contribution in [1.82, 2.24) is 0 Å². The first-order valence-corrected chi connectivity index (χ1v) is 19.4. The fourth-order valence-corrected chi connectivity index (χ4v) is 10.7. The molecule has 3 aliphatic carbocycles. The van der Waals surface area contributed by atoms with E-state index in [2.05, 4.69) is 207 Å². The molecular formula is C54H37N. The van der Waals surface area contributed by atoms with Gasteiger partial charge in [0.2, 0.25) is 0 Å². The van der Waals surface area contributed by atoms with Crippen LogP contribution >= 0.6 is 0 Å². The lowest BCUT2D eigenvalue weighted by Gasteiger charge is -2.32. The zero-order valence-electron chi connectivity index (χ0n) is 30.8. The van der Waals surface area contributed by atoms with E-state index >= 15 is 0 Å². The Balaban J connectivity index is 1.12. The Kier molecular flexibility index (Phi) is 6.11. The number of rotatable bonds is 3. The molecule has 0 unspecified atom stereocenters. The zero-order chi connectivity index (χ0) is 36.5. The topological polar surface area (TPSA) is 3.24 Å². The minimum absolute atomic E-state index is 0.0877. The molecule has 0 radical (unpaired) electrons. The molecule has 0 bridgehead atoms. The van der Waals surface area contributed by atoms with Crippen molar-refractivity contribution in [3.63, 3.8) is 0 Å². The highest BCUT2D eigenvalue weighted by Gasteiger charge is 2.53. The van der Waals surface area contributed by atoms with Crippen LogP contribution in [0.5, 0.6) is 0 Å². The van der Waals surface area contributed by atoms with E-state index < -0.39 is 5.41 Å². The maximum atomic E-state index is 2.43. The SMILES string of the molecule is CC1(C)c2ccccc2-c2ccc(N(c3ccccc3)c3ccc4c5c(ccc4c3)-c3ccc4ccccc4c3C53c4ccccc4-c4ccccc43)cc21. The van der Waals surface area contributed by atoms with Gasteiger partial charge >= 0.3 is 0 Å². The summed E-state index contributed by atoms with van der Waals surface area (Å²) in [5.74, 6) is 0. The van der Waals surface area contributed by atoms with Gasteiger partial charge < -0.3 is 4.90 Å². The fourth-order valence-electron chi connectivity index (χ4n) is 10.7. The average molecular weight is 700 g/mol. The first-order valence-electron chi connectivity index (χ1n) is 19.4. The second-order valence-electron chi connectivity index (χ2n) is 16.0. The molecule has 0 amide bonds. The van der Waals surface area contributed by atoms with Crippen LogP contribution in [0.25, 0.3) is 54.9 Å². The first-order chi connectivity index (χ1) is 27.0. The van der Waals surface area contributed by atoms with Gasteiger partial charge in [-0.05, 0) is 125 Å². The molecule has 1 spiro atoms. The molecule has 1 nitrogen and oxygen atoms in total. The summed E-state index contributed by atoms with van der Waals surface area (Å²) in [6.45, 7) is 4.72. The van der Waals surface area contributed by atoms with E-state index in [9.17, 15) is 0 Å². The summed E-state index contributed by atoms with van der Waals surface area (Å²) >= 11 is 0. The van der Waals surface area contributed by atoms with Gasteiger partial charge in [0.25, 0.3) is 0 Å². The summed E-state index contributed by atoms with van der Waals surface area (Å²) in [6, 6.07) is 70.6.